The van der Waals surface area contributed by atoms with Crippen LogP contribution in [-0.4, -0.2) is 46.3 Å². The highest BCUT2D eigenvalue weighted by Crippen LogP contribution is 2.20. The molecule has 6 nitrogen and oxygen atoms in total. The van der Waals surface area contributed by atoms with Crippen LogP contribution in [-0.2, 0) is 13.1 Å². The minimum Gasteiger partial charge on any atom is -0.354 e. The fourth-order valence-electron chi connectivity index (χ4n) is 4.27. The lowest BCUT2D eigenvalue weighted by Gasteiger charge is -2.38. The summed E-state index contributed by atoms with van der Waals surface area (Å²) >= 11 is 0. The summed E-state index contributed by atoms with van der Waals surface area (Å²) in [6, 6.07) is 22.0. The summed E-state index contributed by atoms with van der Waals surface area (Å²) in [5.74, 6) is 0.851. The van der Waals surface area contributed by atoms with Gasteiger partial charge in [-0.05, 0) is 43.0 Å². The molecule has 2 atom stereocenters. The number of aliphatic imine (C=N–C) groups is 1. The van der Waals surface area contributed by atoms with Crippen molar-refractivity contribution in [2.24, 2.45) is 4.99 Å². The molecule has 1 aliphatic rings. The minimum atomic E-state index is 0. The Morgan fingerprint density at radius 2 is 1.88 bits per heavy atom. The number of hydrogen-bond acceptors (Lipinski definition) is 3. The molecule has 32 heavy (non-hydrogen) atoms. The highest BCUT2D eigenvalue weighted by molar-refractivity contribution is 14.0. The van der Waals surface area contributed by atoms with Crippen molar-refractivity contribution in [1.29, 1.82) is 0 Å². The van der Waals surface area contributed by atoms with Crippen molar-refractivity contribution in [2.75, 3.05) is 13.6 Å². The van der Waals surface area contributed by atoms with Crippen LogP contribution in [0.3, 0.4) is 0 Å². The van der Waals surface area contributed by atoms with Crippen molar-refractivity contribution in [3.63, 3.8) is 0 Å². The van der Waals surface area contributed by atoms with Gasteiger partial charge < -0.3 is 10.6 Å². The Hall–Kier alpha value is -2.39. The number of para-hydroxylation sites is 1. The number of nitrogens with one attached hydrogen (secondary N) is 2. The van der Waals surface area contributed by atoms with Crippen LogP contribution in [0.2, 0.25) is 0 Å². The number of rotatable bonds is 6. The van der Waals surface area contributed by atoms with Gasteiger partial charge in [-0.15, -0.1) is 24.0 Å². The Morgan fingerprint density at radius 1 is 1.09 bits per heavy atom. The topological polar surface area (TPSA) is 57.5 Å². The Labute approximate surface area is 208 Å². The molecule has 1 aromatic heterocycles. The van der Waals surface area contributed by atoms with Crippen molar-refractivity contribution in [1.82, 2.24) is 25.3 Å². The zero-order valence-electron chi connectivity index (χ0n) is 18.8. The third-order valence-corrected chi connectivity index (χ3v) is 6.00. The Balaban J connectivity index is 0.00000289. The standard InChI is InChI=1S/C25H32N6.HI/c1-20-17-23(13-16-30(20)19-21-9-4-3-5-10-21)29-25(26-2)27-18-22-11-6-7-12-24(22)31-15-8-14-28-31;/h3-12,14-15,20,23H,13,16-19H2,1-2H3,(H2,26,27,29);1H. The molecule has 0 saturated carbocycles. The minimum absolute atomic E-state index is 0. The molecular formula is C25H33IN6. The largest absolute Gasteiger partial charge is 0.354 e. The number of nitrogens with zero attached hydrogens (tertiary/aromatic N) is 4. The number of guanidine groups is 1. The van der Waals surface area contributed by atoms with Crippen LogP contribution < -0.4 is 10.6 Å². The Morgan fingerprint density at radius 3 is 2.59 bits per heavy atom. The second kappa shape index (κ2) is 12.0. The van der Waals surface area contributed by atoms with Crippen molar-refractivity contribution in [3.8, 4) is 5.69 Å². The molecule has 2 aromatic carbocycles. The Kier molecular flexibility index (Phi) is 9.11. The van der Waals surface area contributed by atoms with E-state index in [9.17, 15) is 0 Å². The predicted octanol–water partition coefficient (Wildman–Crippen LogP) is 4.21. The van der Waals surface area contributed by atoms with Crippen LogP contribution in [0.15, 0.2) is 78.0 Å². The first-order valence-corrected chi connectivity index (χ1v) is 11.1. The van der Waals surface area contributed by atoms with Crippen LogP contribution in [0.25, 0.3) is 5.69 Å². The van der Waals surface area contributed by atoms with Crippen molar-refractivity contribution < 1.29 is 0 Å². The Bertz CT molecular complexity index is 973. The van der Waals surface area contributed by atoms with E-state index in [0.717, 1.165) is 37.6 Å². The third kappa shape index (κ3) is 6.32. The molecule has 1 saturated heterocycles. The zero-order chi connectivity index (χ0) is 21.5. The lowest BCUT2D eigenvalue weighted by Crippen LogP contribution is -2.51. The smallest absolute Gasteiger partial charge is 0.191 e. The van der Waals surface area contributed by atoms with Gasteiger partial charge in [-0.2, -0.15) is 5.10 Å². The van der Waals surface area contributed by atoms with E-state index in [1.807, 2.05) is 30.1 Å². The van der Waals surface area contributed by atoms with Gasteiger partial charge in [-0.3, -0.25) is 9.89 Å². The van der Waals surface area contributed by atoms with Gasteiger partial charge in [0.25, 0.3) is 0 Å². The summed E-state index contributed by atoms with van der Waals surface area (Å²) < 4.78 is 1.90. The number of halogens is 1. The van der Waals surface area contributed by atoms with E-state index >= 15 is 0 Å². The van der Waals surface area contributed by atoms with Gasteiger partial charge in [0.15, 0.2) is 5.96 Å². The first kappa shape index (κ1) is 24.3. The number of likely N-dealkylation sites (tertiary alicyclic amines) is 1. The molecule has 4 rings (SSSR count). The summed E-state index contributed by atoms with van der Waals surface area (Å²) in [7, 11) is 1.84. The number of benzene rings is 2. The van der Waals surface area contributed by atoms with E-state index in [1.165, 1.54) is 11.1 Å². The van der Waals surface area contributed by atoms with E-state index in [4.69, 9.17) is 0 Å². The molecule has 1 aliphatic heterocycles. The lowest BCUT2D eigenvalue weighted by molar-refractivity contribution is 0.134. The molecule has 1 fully saturated rings. The molecule has 170 valence electrons. The summed E-state index contributed by atoms with van der Waals surface area (Å²) in [5, 5.41) is 11.5. The number of aromatic nitrogens is 2. The van der Waals surface area contributed by atoms with E-state index in [2.05, 4.69) is 81.1 Å². The number of piperidine rings is 1. The highest BCUT2D eigenvalue weighted by Gasteiger charge is 2.26. The molecule has 2 N–H and O–H groups in total. The van der Waals surface area contributed by atoms with Crippen LogP contribution >= 0.6 is 24.0 Å². The van der Waals surface area contributed by atoms with Crippen molar-refractivity contribution in [2.45, 2.75) is 44.9 Å². The van der Waals surface area contributed by atoms with E-state index in [1.54, 1.807) is 6.20 Å². The fourth-order valence-corrected chi connectivity index (χ4v) is 4.27. The fraction of sp³-hybridized carbons (Fsp3) is 0.360. The molecule has 0 aliphatic carbocycles. The van der Waals surface area contributed by atoms with Gasteiger partial charge >= 0.3 is 0 Å². The van der Waals surface area contributed by atoms with Crippen molar-refractivity contribution >= 4 is 29.9 Å². The average Bonchev–Trinajstić information content (AvgIpc) is 3.34. The second-order valence-electron chi connectivity index (χ2n) is 8.18. The summed E-state index contributed by atoms with van der Waals surface area (Å²) in [4.78, 5) is 7.03. The average molecular weight is 544 g/mol. The van der Waals surface area contributed by atoms with Crippen LogP contribution in [0.1, 0.15) is 30.9 Å². The van der Waals surface area contributed by atoms with Gasteiger partial charge in [0.05, 0.1) is 5.69 Å². The molecule has 3 aromatic rings. The summed E-state index contributed by atoms with van der Waals surface area (Å²) in [6.45, 7) is 5.13. The number of hydrogen-bond donors (Lipinski definition) is 2. The molecule has 0 amide bonds. The maximum atomic E-state index is 4.46. The maximum Gasteiger partial charge on any atom is 0.191 e. The zero-order valence-corrected chi connectivity index (χ0v) is 21.1. The predicted molar refractivity (Wildman–Crippen MR) is 142 cm³/mol. The normalized spacial score (nSPS) is 19.2. The van der Waals surface area contributed by atoms with Crippen LogP contribution in [0.4, 0.5) is 0 Å². The van der Waals surface area contributed by atoms with Gasteiger partial charge in [0.1, 0.15) is 0 Å². The first-order chi connectivity index (χ1) is 15.2. The molecule has 0 spiro atoms. The van der Waals surface area contributed by atoms with Gasteiger partial charge in [-0.25, -0.2) is 4.68 Å². The SMILES string of the molecule is CN=C(NCc1ccccc1-n1cccn1)NC1CCN(Cc2ccccc2)C(C)C1.I. The molecule has 2 unspecified atom stereocenters. The van der Waals surface area contributed by atoms with Gasteiger partial charge in [0.2, 0.25) is 0 Å². The molecular weight excluding hydrogens is 511 g/mol. The monoisotopic (exact) mass is 544 g/mol. The lowest BCUT2D eigenvalue weighted by atomic mass is 9.97. The maximum absolute atomic E-state index is 4.46. The van der Waals surface area contributed by atoms with Crippen LogP contribution in [0.5, 0.6) is 0 Å². The molecule has 0 bridgehead atoms. The van der Waals surface area contributed by atoms with E-state index in [0.29, 0.717) is 18.6 Å². The van der Waals surface area contributed by atoms with Crippen molar-refractivity contribution in [3.05, 3.63) is 84.2 Å². The first-order valence-electron chi connectivity index (χ1n) is 11.1. The summed E-state index contributed by atoms with van der Waals surface area (Å²) in [6.07, 6.45) is 5.99. The van der Waals surface area contributed by atoms with E-state index < -0.39 is 0 Å². The third-order valence-electron chi connectivity index (χ3n) is 6.00. The second-order valence-corrected chi connectivity index (χ2v) is 8.18. The molecule has 0 radical (unpaired) electrons. The quantitative estimate of drug-likeness (QED) is 0.278. The van der Waals surface area contributed by atoms with Crippen LogP contribution in [0, 0.1) is 0 Å². The highest BCUT2D eigenvalue weighted by atomic mass is 127. The van der Waals surface area contributed by atoms with E-state index in [-0.39, 0.29) is 24.0 Å². The van der Waals surface area contributed by atoms with Gasteiger partial charge in [0, 0.05) is 51.2 Å². The molecule has 7 heteroatoms. The summed E-state index contributed by atoms with van der Waals surface area (Å²) in [5.41, 5.74) is 3.65. The molecule has 2 heterocycles. The van der Waals surface area contributed by atoms with Gasteiger partial charge in [-0.1, -0.05) is 48.5 Å².